The number of fused-ring (bicyclic) bond motifs is 1. The normalized spacial score (nSPS) is 13.7. The Kier molecular flexibility index (Phi) is 8.02. The summed E-state index contributed by atoms with van der Waals surface area (Å²) in [4.78, 5) is 14.8. The van der Waals surface area contributed by atoms with E-state index in [4.69, 9.17) is 15.2 Å². The Morgan fingerprint density at radius 3 is 2.79 bits per heavy atom. The minimum Gasteiger partial charge on any atom is -0.493 e. The Balaban J connectivity index is 0.00000300. The van der Waals surface area contributed by atoms with E-state index in [2.05, 4.69) is 10.2 Å². The van der Waals surface area contributed by atoms with Gasteiger partial charge in [0.05, 0.1) is 26.3 Å². The summed E-state index contributed by atoms with van der Waals surface area (Å²) < 4.78 is 11.0. The smallest absolute Gasteiger partial charge is 0.239 e. The number of benzene rings is 2. The summed E-state index contributed by atoms with van der Waals surface area (Å²) in [5.74, 6) is 1.35. The molecule has 158 valence electrons. The molecule has 1 aliphatic rings. The third kappa shape index (κ3) is 5.26. The minimum absolute atomic E-state index is 0. The third-order valence-corrected chi connectivity index (χ3v) is 5.08. The van der Waals surface area contributed by atoms with E-state index in [1.807, 2.05) is 50.2 Å². The van der Waals surface area contributed by atoms with Gasteiger partial charge >= 0.3 is 0 Å². The number of carbonyl (C=O) groups is 1. The highest BCUT2D eigenvalue weighted by Gasteiger charge is 2.21. The number of methoxy groups -OCH3 is 1. The number of halogens is 1. The molecule has 0 aliphatic carbocycles. The van der Waals surface area contributed by atoms with Crippen molar-refractivity contribution >= 4 is 29.7 Å². The molecule has 0 aromatic heterocycles. The Labute approximate surface area is 178 Å². The van der Waals surface area contributed by atoms with Crippen LogP contribution in [0.15, 0.2) is 36.4 Å². The van der Waals surface area contributed by atoms with Gasteiger partial charge in [-0.15, -0.1) is 12.4 Å². The van der Waals surface area contributed by atoms with Gasteiger partial charge in [0.15, 0.2) is 11.5 Å². The van der Waals surface area contributed by atoms with Gasteiger partial charge in [0.2, 0.25) is 5.91 Å². The fourth-order valence-electron chi connectivity index (χ4n) is 3.66. The summed E-state index contributed by atoms with van der Waals surface area (Å²) in [6.45, 7) is 5.64. The number of anilines is 2. The standard InChI is InChI=1S/C22H29N3O3.ClH/c1-4-28-20-11-10-16(13-21(20)27-3)15(2)24-22(26)14-25-12-6-7-17-18(23)8-5-9-19(17)25;/h5,8-11,13,15H,4,6-7,12,14,23H2,1-3H3,(H,24,26);1H. The van der Waals surface area contributed by atoms with Crippen LogP contribution in [0.4, 0.5) is 11.4 Å². The number of nitrogens with one attached hydrogen (secondary N) is 1. The largest absolute Gasteiger partial charge is 0.493 e. The number of hydrogen-bond donors (Lipinski definition) is 2. The molecule has 3 rings (SSSR count). The Hall–Kier alpha value is -2.60. The molecule has 2 aromatic rings. The van der Waals surface area contributed by atoms with Crippen LogP contribution in [0.2, 0.25) is 0 Å². The van der Waals surface area contributed by atoms with Gasteiger partial charge in [0.1, 0.15) is 0 Å². The zero-order chi connectivity index (χ0) is 20.1. The van der Waals surface area contributed by atoms with Gasteiger partial charge in [-0.25, -0.2) is 0 Å². The first-order valence-corrected chi connectivity index (χ1v) is 9.75. The van der Waals surface area contributed by atoms with Crippen LogP contribution < -0.4 is 25.4 Å². The number of ether oxygens (including phenoxy) is 2. The van der Waals surface area contributed by atoms with Crippen molar-refractivity contribution in [3.63, 3.8) is 0 Å². The molecule has 29 heavy (non-hydrogen) atoms. The SMILES string of the molecule is CCOc1ccc(C(C)NC(=O)CN2CCCc3c(N)cccc32)cc1OC.Cl. The van der Waals surface area contributed by atoms with Crippen molar-refractivity contribution < 1.29 is 14.3 Å². The number of carbonyl (C=O) groups excluding carboxylic acids is 1. The van der Waals surface area contributed by atoms with Crippen molar-refractivity contribution in [1.82, 2.24) is 5.32 Å². The van der Waals surface area contributed by atoms with Crippen molar-refractivity contribution in [2.24, 2.45) is 0 Å². The molecule has 0 bridgehead atoms. The van der Waals surface area contributed by atoms with E-state index in [-0.39, 0.29) is 24.4 Å². The van der Waals surface area contributed by atoms with Gasteiger partial charge in [0.25, 0.3) is 0 Å². The lowest BCUT2D eigenvalue weighted by molar-refractivity contribution is -0.120. The second-order valence-electron chi connectivity index (χ2n) is 7.00. The van der Waals surface area contributed by atoms with E-state index in [9.17, 15) is 4.79 Å². The van der Waals surface area contributed by atoms with Crippen LogP contribution in [0.1, 0.15) is 37.4 Å². The topological polar surface area (TPSA) is 76.8 Å². The Bertz CT molecular complexity index is 844. The maximum Gasteiger partial charge on any atom is 0.239 e. The van der Waals surface area contributed by atoms with Gasteiger partial charge in [-0.3, -0.25) is 4.79 Å². The van der Waals surface area contributed by atoms with E-state index >= 15 is 0 Å². The molecule has 1 heterocycles. The van der Waals surface area contributed by atoms with Crippen molar-refractivity contribution in [1.29, 1.82) is 0 Å². The number of amides is 1. The first-order chi connectivity index (χ1) is 13.5. The molecule has 0 spiro atoms. The van der Waals surface area contributed by atoms with E-state index in [1.165, 1.54) is 0 Å². The van der Waals surface area contributed by atoms with Crippen LogP contribution in [0.3, 0.4) is 0 Å². The molecule has 0 saturated carbocycles. The minimum atomic E-state index is -0.137. The summed E-state index contributed by atoms with van der Waals surface area (Å²) in [5.41, 5.74) is 10.1. The van der Waals surface area contributed by atoms with Gasteiger partial charge in [-0.05, 0) is 62.1 Å². The third-order valence-electron chi connectivity index (χ3n) is 5.08. The van der Waals surface area contributed by atoms with Crippen molar-refractivity contribution in [3.05, 3.63) is 47.5 Å². The number of nitrogens with zero attached hydrogens (tertiary/aromatic N) is 1. The second-order valence-corrected chi connectivity index (χ2v) is 7.00. The zero-order valence-corrected chi connectivity index (χ0v) is 18.1. The molecule has 0 radical (unpaired) electrons. The summed E-state index contributed by atoms with van der Waals surface area (Å²) in [6, 6.07) is 11.5. The van der Waals surface area contributed by atoms with Crippen LogP contribution in [0.25, 0.3) is 0 Å². The lowest BCUT2D eigenvalue weighted by Gasteiger charge is -2.31. The van der Waals surface area contributed by atoms with Crippen LogP contribution in [-0.4, -0.2) is 32.7 Å². The first kappa shape index (κ1) is 22.7. The molecule has 3 N–H and O–H groups in total. The molecule has 0 saturated heterocycles. The monoisotopic (exact) mass is 419 g/mol. The van der Waals surface area contributed by atoms with Crippen LogP contribution in [0, 0.1) is 0 Å². The van der Waals surface area contributed by atoms with Crippen LogP contribution in [-0.2, 0) is 11.2 Å². The highest BCUT2D eigenvalue weighted by Crippen LogP contribution is 2.32. The summed E-state index contributed by atoms with van der Waals surface area (Å²) in [5, 5.41) is 3.08. The molecule has 2 aromatic carbocycles. The quantitative estimate of drug-likeness (QED) is 0.669. The average molecular weight is 420 g/mol. The average Bonchev–Trinajstić information content (AvgIpc) is 2.69. The van der Waals surface area contributed by atoms with Gasteiger partial charge in [-0.1, -0.05) is 12.1 Å². The maximum atomic E-state index is 12.7. The molecule has 1 amide bonds. The fourth-order valence-corrected chi connectivity index (χ4v) is 3.66. The van der Waals surface area contributed by atoms with E-state index < -0.39 is 0 Å². The maximum absolute atomic E-state index is 12.7. The van der Waals surface area contributed by atoms with E-state index in [1.54, 1.807) is 7.11 Å². The lowest BCUT2D eigenvalue weighted by atomic mass is 10.00. The molecule has 1 unspecified atom stereocenters. The van der Waals surface area contributed by atoms with Crippen molar-refractivity contribution in [3.8, 4) is 11.5 Å². The molecule has 7 heteroatoms. The highest BCUT2D eigenvalue weighted by molar-refractivity contribution is 5.85. The van der Waals surface area contributed by atoms with Gasteiger partial charge < -0.3 is 25.4 Å². The van der Waals surface area contributed by atoms with Gasteiger partial charge in [0, 0.05) is 17.9 Å². The Morgan fingerprint density at radius 1 is 1.28 bits per heavy atom. The van der Waals surface area contributed by atoms with Crippen LogP contribution in [0.5, 0.6) is 11.5 Å². The number of nitrogens with two attached hydrogens (primary N) is 1. The molecule has 1 aliphatic heterocycles. The van der Waals surface area contributed by atoms with Gasteiger partial charge in [-0.2, -0.15) is 0 Å². The lowest BCUT2D eigenvalue weighted by Crippen LogP contribution is -2.40. The summed E-state index contributed by atoms with van der Waals surface area (Å²) in [7, 11) is 1.62. The first-order valence-electron chi connectivity index (χ1n) is 9.75. The predicted octanol–water partition coefficient (Wildman–Crippen LogP) is 3.73. The second kappa shape index (κ2) is 10.3. The van der Waals surface area contributed by atoms with Crippen molar-refractivity contribution in [2.75, 3.05) is 37.4 Å². The summed E-state index contributed by atoms with van der Waals surface area (Å²) in [6.07, 6.45) is 1.96. The Morgan fingerprint density at radius 2 is 2.07 bits per heavy atom. The predicted molar refractivity (Wildman–Crippen MR) is 119 cm³/mol. The molecular weight excluding hydrogens is 390 g/mol. The number of nitrogen functional groups attached to an aromatic ring is 1. The highest BCUT2D eigenvalue weighted by atomic mass is 35.5. The summed E-state index contributed by atoms with van der Waals surface area (Å²) >= 11 is 0. The molecule has 0 fully saturated rings. The van der Waals surface area contributed by atoms with E-state index in [0.717, 1.165) is 41.9 Å². The van der Waals surface area contributed by atoms with E-state index in [0.29, 0.717) is 24.7 Å². The van der Waals surface area contributed by atoms with Crippen molar-refractivity contribution in [2.45, 2.75) is 32.7 Å². The zero-order valence-electron chi connectivity index (χ0n) is 17.2. The molecular formula is C22H30ClN3O3. The molecule has 1 atom stereocenters. The molecule has 6 nitrogen and oxygen atoms in total. The van der Waals surface area contributed by atoms with Crippen LogP contribution >= 0.6 is 12.4 Å². The number of hydrogen-bond acceptors (Lipinski definition) is 5. The number of rotatable bonds is 7. The fraction of sp³-hybridized carbons (Fsp3) is 0.409.